The number of phenolic OH excluding ortho intramolecular Hbond substituents is 1. The molecule has 0 spiro atoms. The van der Waals surface area contributed by atoms with E-state index >= 15 is 0 Å². The van der Waals surface area contributed by atoms with E-state index in [9.17, 15) is 55.0 Å². The number of nitrogens with zero attached hydrogens (tertiary/aromatic N) is 2. The van der Waals surface area contributed by atoms with Gasteiger partial charge in [-0.2, -0.15) is 26.3 Å². The topological polar surface area (TPSA) is 104 Å². The van der Waals surface area contributed by atoms with Crippen molar-refractivity contribution in [3.63, 3.8) is 0 Å². The Morgan fingerprint density at radius 1 is 0.827 bits per heavy atom. The molecule has 272 valence electrons. The van der Waals surface area contributed by atoms with E-state index in [-0.39, 0.29) is 46.7 Å². The largest absolute Gasteiger partial charge is 0.508 e. The molecular weight excluding hydrogens is 725 g/mol. The predicted molar refractivity (Wildman–Crippen MR) is 170 cm³/mol. The summed E-state index contributed by atoms with van der Waals surface area (Å²) in [6.07, 6.45) is -9.35. The number of allylic oxidation sites excluding steroid dienone is 2. The van der Waals surface area contributed by atoms with Gasteiger partial charge in [0.1, 0.15) is 17.3 Å². The molecule has 16 heteroatoms. The van der Waals surface area contributed by atoms with Crippen LogP contribution in [0, 0.1) is 34.9 Å². The summed E-state index contributed by atoms with van der Waals surface area (Å²) in [6.45, 7) is 1.50. The number of aromatic hydroxyl groups is 1. The first-order valence-electron chi connectivity index (χ1n) is 15.9. The summed E-state index contributed by atoms with van der Waals surface area (Å²) in [7, 11) is 1.36. The lowest BCUT2D eigenvalue weighted by Gasteiger charge is -2.49. The maximum absolute atomic E-state index is 14.5. The number of benzene rings is 3. The van der Waals surface area contributed by atoms with Crippen molar-refractivity contribution in [2.24, 2.45) is 29.1 Å². The highest BCUT2D eigenvalue weighted by atomic mass is 35.5. The first kappa shape index (κ1) is 35.5. The lowest BCUT2D eigenvalue weighted by Crippen LogP contribution is -2.48. The summed E-state index contributed by atoms with van der Waals surface area (Å²) in [4.78, 5) is 58.0. The number of hydrogen-bond acceptors (Lipinski definition) is 6. The molecule has 0 bridgehead atoms. The van der Waals surface area contributed by atoms with E-state index in [1.54, 1.807) is 6.08 Å². The van der Waals surface area contributed by atoms with Crippen molar-refractivity contribution >= 4 is 46.6 Å². The fraction of sp³-hybridized carbons (Fsp3) is 0.333. The molecule has 1 N–H and O–H groups in total. The minimum atomic E-state index is -5.25. The van der Waals surface area contributed by atoms with Crippen LogP contribution in [0.4, 0.5) is 42.1 Å². The number of amides is 4. The monoisotopic (exact) mass is 750 g/mol. The zero-order valence-corrected chi connectivity index (χ0v) is 27.7. The molecule has 4 aliphatic rings. The van der Waals surface area contributed by atoms with Crippen LogP contribution in [-0.4, -0.2) is 35.8 Å². The van der Waals surface area contributed by atoms with Gasteiger partial charge in [0.15, 0.2) is 0 Å². The number of fused-ring (bicyclic) bond motifs is 4. The Labute approximate surface area is 295 Å². The molecule has 2 aliphatic heterocycles. The number of alkyl halides is 6. The number of ether oxygens (including phenoxy) is 1. The lowest BCUT2D eigenvalue weighted by molar-refractivity contribution is -0.143. The van der Waals surface area contributed by atoms with Crippen LogP contribution in [0.15, 0.2) is 66.2 Å². The second kappa shape index (κ2) is 11.8. The molecule has 8 nitrogen and oxygen atoms in total. The molecule has 6 atom stereocenters. The molecule has 3 aromatic rings. The molecule has 3 aromatic carbocycles. The Morgan fingerprint density at radius 3 is 2.08 bits per heavy atom. The molecule has 2 heterocycles. The average Bonchev–Trinajstić information content (AvgIpc) is 3.45. The van der Waals surface area contributed by atoms with E-state index in [0.717, 1.165) is 17.0 Å². The highest BCUT2D eigenvalue weighted by Crippen LogP contribution is 2.65. The van der Waals surface area contributed by atoms with Crippen LogP contribution in [0.1, 0.15) is 42.4 Å². The molecule has 2 aliphatic carbocycles. The average molecular weight is 751 g/mol. The van der Waals surface area contributed by atoms with E-state index < -0.39 is 93.6 Å². The van der Waals surface area contributed by atoms with Crippen molar-refractivity contribution in [2.75, 3.05) is 16.9 Å². The van der Waals surface area contributed by atoms with Gasteiger partial charge in [-0.25, -0.2) is 14.2 Å². The number of hydrogen-bond donors (Lipinski definition) is 1. The number of carbonyl (C=O) groups is 4. The van der Waals surface area contributed by atoms with Crippen LogP contribution >= 0.6 is 11.6 Å². The van der Waals surface area contributed by atoms with Crippen molar-refractivity contribution in [1.29, 1.82) is 0 Å². The number of anilines is 2. The van der Waals surface area contributed by atoms with Crippen molar-refractivity contribution in [2.45, 2.75) is 38.0 Å². The number of phenols is 1. The number of halogens is 8. The van der Waals surface area contributed by atoms with Gasteiger partial charge >= 0.3 is 12.4 Å². The van der Waals surface area contributed by atoms with Crippen LogP contribution in [0.5, 0.6) is 11.5 Å². The van der Waals surface area contributed by atoms with Gasteiger partial charge in [0, 0.05) is 11.5 Å². The molecule has 2 saturated heterocycles. The molecule has 52 heavy (non-hydrogen) atoms. The minimum absolute atomic E-state index is 0.0521. The first-order chi connectivity index (χ1) is 24.3. The Balaban J connectivity index is 1.37. The lowest BCUT2D eigenvalue weighted by atomic mass is 9.51. The van der Waals surface area contributed by atoms with Crippen LogP contribution < -0.4 is 14.5 Å². The van der Waals surface area contributed by atoms with Gasteiger partial charge in [-0.15, -0.1) is 0 Å². The van der Waals surface area contributed by atoms with Crippen molar-refractivity contribution < 1.29 is 59.8 Å². The fourth-order valence-electron chi connectivity index (χ4n) is 8.44. The molecule has 7 rings (SSSR count). The van der Waals surface area contributed by atoms with E-state index in [0.29, 0.717) is 22.6 Å². The Bertz CT molecular complexity index is 2080. The summed E-state index contributed by atoms with van der Waals surface area (Å²) in [5.74, 6) is -10.5. The van der Waals surface area contributed by atoms with Crippen LogP contribution in [0.25, 0.3) is 0 Å². The van der Waals surface area contributed by atoms with Gasteiger partial charge in [-0.3, -0.25) is 19.2 Å². The van der Waals surface area contributed by atoms with Gasteiger partial charge in [-0.05, 0) is 80.3 Å². The Morgan fingerprint density at radius 2 is 1.48 bits per heavy atom. The second-order valence-electron chi connectivity index (χ2n) is 13.5. The van der Waals surface area contributed by atoms with Gasteiger partial charge in [-0.1, -0.05) is 23.3 Å². The normalized spacial score (nSPS) is 27.4. The third-order valence-electron chi connectivity index (χ3n) is 10.8. The van der Waals surface area contributed by atoms with Crippen molar-refractivity contribution in [3.05, 3.63) is 93.8 Å². The third-order valence-corrected chi connectivity index (χ3v) is 11.1. The number of carbonyl (C=O) groups excluding carboxylic acids is 4. The van der Waals surface area contributed by atoms with E-state index in [4.69, 9.17) is 16.3 Å². The zero-order valence-electron chi connectivity index (χ0n) is 27.0. The van der Waals surface area contributed by atoms with Gasteiger partial charge in [0.05, 0.1) is 57.8 Å². The fourth-order valence-corrected chi connectivity index (χ4v) is 8.62. The Kier molecular flexibility index (Phi) is 8.05. The Hall–Kier alpha value is -4.92. The predicted octanol–water partition coefficient (Wildman–Crippen LogP) is 7.67. The van der Waals surface area contributed by atoms with Gasteiger partial charge in [0.2, 0.25) is 23.6 Å². The first-order valence-corrected chi connectivity index (χ1v) is 16.2. The van der Waals surface area contributed by atoms with Crippen molar-refractivity contribution in [3.8, 4) is 11.5 Å². The molecule has 0 aromatic heterocycles. The van der Waals surface area contributed by atoms with Gasteiger partial charge < -0.3 is 9.84 Å². The standard InChI is InChI=1S/C36H26ClF7N2O6/c1-34-24(31(49)46(33(34)51)17-3-7-26(38)25(37)12-17)14-22-20(29(34)23-13-19(52-2)4-8-27(23)47)5-6-21-28(22)32(50)45(30(21)48)18-10-15(35(39,40)41)9-16(11-18)36(42,43)44/h3-5,7-13,21-22,24,28-29,47H,6,14H2,1-2H3. The summed E-state index contributed by atoms with van der Waals surface area (Å²) in [6, 6.07) is 7.93. The summed E-state index contributed by atoms with van der Waals surface area (Å²) in [5, 5.41) is 10.8. The molecular formula is C36H26ClF7N2O6. The minimum Gasteiger partial charge on any atom is -0.508 e. The molecule has 4 amide bonds. The smallest absolute Gasteiger partial charge is 0.416 e. The number of rotatable bonds is 4. The summed E-state index contributed by atoms with van der Waals surface area (Å²) in [5.41, 5.74) is -5.57. The number of imide groups is 2. The van der Waals surface area contributed by atoms with Crippen LogP contribution in [0.3, 0.4) is 0 Å². The third kappa shape index (κ3) is 5.18. The summed E-state index contributed by atoms with van der Waals surface area (Å²) >= 11 is 6.00. The van der Waals surface area contributed by atoms with Crippen LogP contribution in [-0.2, 0) is 31.5 Å². The van der Waals surface area contributed by atoms with Crippen LogP contribution in [0.2, 0.25) is 5.02 Å². The summed E-state index contributed by atoms with van der Waals surface area (Å²) < 4.78 is 102. The SMILES string of the molecule is COc1ccc(O)c(C2C3=CCC4C(=O)N(c5cc(C(F)(F)F)cc(C(F)(F)F)c5)C(=O)C4C3CC3C(=O)N(c4ccc(F)c(Cl)c4)C(=O)C32C)c1. The zero-order chi connectivity index (χ0) is 37.8. The van der Waals surface area contributed by atoms with E-state index in [1.807, 2.05) is 0 Å². The van der Waals surface area contributed by atoms with E-state index in [1.165, 1.54) is 38.3 Å². The quantitative estimate of drug-likeness (QED) is 0.167. The molecule has 1 saturated carbocycles. The van der Waals surface area contributed by atoms with E-state index in [2.05, 4.69) is 0 Å². The molecule has 0 radical (unpaired) electrons. The second-order valence-corrected chi connectivity index (χ2v) is 13.9. The van der Waals surface area contributed by atoms with Gasteiger partial charge in [0.25, 0.3) is 0 Å². The molecule has 3 fully saturated rings. The highest BCUT2D eigenvalue weighted by Gasteiger charge is 2.68. The maximum Gasteiger partial charge on any atom is 0.416 e. The molecule has 6 unspecified atom stereocenters. The number of methoxy groups -OCH3 is 1. The maximum atomic E-state index is 14.5. The highest BCUT2D eigenvalue weighted by molar-refractivity contribution is 6.32. The van der Waals surface area contributed by atoms with Crippen molar-refractivity contribution in [1.82, 2.24) is 0 Å².